The molecule has 0 spiro atoms. The second kappa shape index (κ2) is 15.4. The summed E-state index contributed by atoms with van der Waals surface area (Å²) in [5, 5.41) is 11.8. The molecule has 4 amide bonds. The van der Waals surface area contributed by atoms with Gasteiger partial charge in [0, 0.05) is 30.8 Å². The molecule has 4 aromatic rings. The molecule has 0 bridgehead atoms. The first kappa shape index (κ1) is 33.8. The molecule has 1 fully saturated rings. The number of benzene rings is 3. The van der Waals surface area contributed by atoms with Gasteiger partial charge >= 0.3 is 13.9 Å². The molecule has 5 N–H and O–H groups in total. The Morgan fingerprint density at radius 3 is 2.47 bits per heavy atom. The molecule has 0 unspecified atom stereocenters. The first-order chi connectivity index (χ1) is 22.6. The van der Waals surface area contributed by atoms with Gasteiger partial charge in [-0.2, -0.15) is 0 Å². The average Bonchev–Trinajstić information content (AvgIpc) is 3.45. The summed E-state index contributed by atoms with van der Waals surface area (Å²) in [7, 11) is -4.76. The molecule has 3 aromatic carbocycles. The minimum atomic E-state index is -4.76. The van der Waals surface area contributed by atoms with E-state index < -0.39 is 26.1 Å². The van der Waals surface area contributed by atoms with Crippen LogP contribution in [0, 0.1) is 0 Å². The zero-order valence-electron chi connectivity index (χ0n) is 25.5. The molecule has 0 radical (unpaired) electrons. The fraction of sp³-hybridized carbons (Fsp3) is 0.242. The van der Waals surface area contributed by atoms with Gasteiger partial charge in [-0.15, -0.1) is 17.9 Å². The molecule has 246 valence electrons. The lowest BCUT2D eigenvalue weighted by atomic mass is 9.99. The highest BCUT2D eigenvalue weighted by atomic mass is 32.1. The van der Waals surface area contributed by atoms with E-state index in [1.54, 1.807) is 34.4 Å². The summed E-state index contributed by atoms with van der Waals surface area (Å²) in [6, 6.07) is 21.8. The Labute approximate surface area is 276 Å². The van der Waals surface area contributed by atoms with Crippen molar-refractivity contribution in [1.82, 2.24) is 25.8 Å². The zero-order valence-corrected chi connectivity index (χ0v) is 27.2. The molecule has 1 aromatic heterocycles. The average molecular weight is 678 g/mol. The van der Waals surface area contributed by atoms with Crippen LogP contribution in [0.2, 0.25) is 0 Å². The van der Waals surface area contributed by atoms with E-state index in [1.807, 2.05) is 60.0 Å². The summed E-state index contributed by atoms with van der Waals surface area (Å²) in [4.78, 5) is 62.7. The van der Waals surface area contributed by atoms with Crippen LogP contribution in [0.1, 0.15) is 16.7 Å². The van der Waals surface area contributed by atoms with Crippen molar-refractivity contribution in [2.75, 3.05) is 19.6 Å². The molecule has 14 heteroatoms. The third-order valence-corrected chi connectivity index (χ3v) is 9.07. The van der Waals surface area contributed by atoms with Crippen LogP contribution >= 0.6 is 19.2 Å². The maximum Gasteiger partial charge on any atom is 0.524 e. The van der Waals surface area contributed by atoms with Gasteiger partial charge in [0.2, 0.25) is 11.8 Å². The molecule has 1 saturated heterocycles. The van der Waals surface area contributed by atoms with Gasteiger partial charge in [-0.05, 0) is 45.7 Å². The third-order valence-electron chi connectivity index (χ3n) is 7.61. The SMILES string of the molecule is C=CCNCC(=O)N1[C@@H](NC(=O)NCc2ccccc2)CN(Cc2csc3ccccc23)C(=O)[C@@H]1Cc1ccc(OP(=O)(O)O)cc1. The van der Waals surface area contributed by atoms with E-state index in [-0.39, 0.29) is 50.2 Å². The maximum atomic E-state index is 14.3. The smallest absolute Gasteiger partial charge is 0.404 e. The molecule has 5 rings (SSSR count). The van der Waals surface area contributed by atoms with Crippen molar-refractivity contribution >= 4 is 47.1 Å². The standard InChI is InChI=1S/C33H36N5O7PS/c1-2-16-34-19-31(39)38-28(17-23-12-14-26(15-13-23)45-46(42,43)44)32(40)37(20-25-22-47-29-11-7-6-10-27(25)29)21-30(38)36-33(41)35-18-24-8-4-3-5-9-24/h2-15,22,28,30,34H,1,16-21H2,(H2,35,36,41)(H2,42,43,44)/t28-,30+/m0/s1. The number of urea groups is 1. The van der Waals surface area contributed by atoms with Crippen molar-refractivity contribution in [1.29, 1.82) is 0 Å². The molecule has 0 aliphatic carbocycles. The summed E-state index contributed by atoms with van der Waals surface area (Å²) < 4.78 is 17.0. The first-order valence-electron chi connectivity index (χ1n) is 14.9. The molecule has 2 atom stereocenters. The first-order valence-corrected chi connectivity index (χ1v) is 17.3. The van der Waals surface area contributed by atoms with Crippen LogP contribution in [0.5, 0.6) is 5.75 Å². The van der Waals surface area contributed by atoms with Crippen molar-refractivity contribution in [2.45, 2.75) is 31.7 Å². The summed E-state index contributed by atoms with van der Waals surface area (Å²) in [6.07, 6.45) is 0.827. The highest BCUT2D eigenvalue weighted by molar-refractivity contribution is 7.46. The maximum absolute atomic E-state index is 14.3. The Balaban J connectivity index is 1.45. The Hall–Kier alpha value is -4.52. The Morgan fingerprint density at radius 2 is 1.74 bits per heavy atom. The van der Waals surface area contributed by atoms with E-state index in [4.69, 9.17) is 9.79 Å². The van der Waals surface area contributed by atoms with Gasteiger partial charge in [-0.3, -0.25) is 19.4 Å². The van der Waals surface area contributed by atoms with Crippen molar-refractivity contribution in [3.8, 4) is 5.75 Å². The lowest BCUT2D eigenvalue weighted by Crippen LogP contribution is -2.69. The van der Waals surface area contributed by atoms with Gasteiger partial charge in [-0.1, -0.05) is 66.7 Å². The van der Waals surface area contributed by atoms with E-state index >= 15 is 0 Å². The van der Waals surface area contributed by atoms with Gasteiger partial charge < -0.3 is 30.3 Å². The van der Waals surface area contributed by atoms with E-state index in [1.165, 1.54) is 17.0 Å². The van der Waals surface area contributed by atoms with E-state index in [2.05, 4.69) is 27.1 Å². The quantitative estimate of drug-likeness (QED) is 0.0813. The minimum Gasteiger partial charge on any atom is -0.404 e. The molecular formula is C33H36N5O7PS. The molecule has 12 nitrogen and oxygen atoms in total. The van der Waals surface area contributed by atoms with Crippen LogP contribution in [0.4, 0.5) is 4.79 Å². The fourth-order valence-electron chi connectivity index (χ4n) is 5.49. The van der Waals surface area contributed by atoms with E-state index in [0.717, 1.165) is 21.2 Å². The number of rotatable bonds is 13. The Morgan fingerprint density at radius 1 is 1.02 bits per heavy atom. The highest BCUT2D eigenvalue weighted by Crippen LogP contribution is 2.37. The number of piperazine rings is 1. The number of nitrogens with zero attached hydrogens (tertiary/aromatic N) is 2. The predicted octanol–water partition coefficient (Wildman–Crippen LogP) is 3.76. The van der Waals surface area contributed by atoms with Gasteiger partial charge in [-0.25, -0.2) is 9.36 Å². The van der Waals surface area contributed by atoms with Gasteiger partial charge in [0.05, 0.1) is 13.1 Å². The lowest BCUT2D eigenvalue weighted by Gasteiger charge is -2.46. The van der Waals surface area contributed by atoms with E-state index in [9.17, 15) is 18.9 Å². The molecule has 1 aliphatic heterocycles. The monoisotopic (exact) mass is 677 g/mol. The van der Waals surface area contributed by atoms with Gasteiger partial charge in [0.15, 0.2) is 0 Å². The molecule has 47 heavy (non-hydrogen) atoms. The normalized spacial score (nSPS) is 16.6. The number of carbonyl (C=O) groups is 3. The van der Waals surface area contributed by atoms with Crippen molar-refractivity contribution in [3.63, 3.8) is 0 Å². The third kappa shape index (κ3) is 9.06. The number of phosphoric acid groups is 1. The van der Waals surface area contributed by atoms with Crippen LogP contribution in [0.25, 0.3) is 10.1 Å². The highest BCUT2D eigenvalue weighted by Gasteiger charge is 2.43. The number of hydrogen-bond donors (Lipinski definition) is 5. The summed E-state index contributed by atoms with van der Waals surface area (Å²) >= 11 is 1.58. The zero-order chi connectivity index (χ0) is 33.4. The van der Waals surface area contributed by atoms with E-state index in [0.29, 0.717) is 12.1 Å². The summed E-state index contributed by atoms with van der Waals surface area (Å²) in [5.74, 6) is -0.726. The molecule has 1 aliphatic rings. The number of nitrogens with one attached hydrogen (secondary N) is 3. The number of hydrogen-bond acceptors (Lipinski definition) is 7. The second-order valence-corrected chi connectivity index (χ2v) is 13.0. The molecular weight excluding hydrogens is 641 g/mol. The topological polar surface area (TPSA) is 161 Å². The Kier molecular flexibility index (Phi) is 11.1. The lowest BCUT2D eigenvalue weighted by molar-refractivity contribution is -0.156. The second-order valence-electron chi connectivity index (χ2n) is 11.0. The number of thiophene rings is 1. The number of fused-ring (bicyclic) bond motifs is 1. The molecule has 2 heterocycles. The van der Waals surface area contributed by atoms with Crippen molar-refractivity contribution in [3.05, 3.63) is 114 Å². The van der Waals surface area contributed by atoms with Crippen molar-refractivity contribution < 1.29 is 33.3 Å². The van der Waals surface area contributed by atoms with Crippen LogP contribution < -0.4 is 20.5 Å². The predicted molar refractivity (Wildman–Crippen MR) is 179 cm³/mol. The molecule has 0 saturated carbocycles. The van der Waals surface area contributed by atoms with Gasteiger partial charge in [0.25, 0.3) is 0 Å². The van der Waals surface area contributed by atoms with Crippen LogP contribution in [0.3, 0.4) is 0 Å². The van der Waals surface area contributed by atoms with Crippen LogP contribution in [0.15, 0.2) is 96.9 Å². The fourth-order valence-corrected chi connectivity index (χ4v) is 6.84. The Bertz CT molecular complexity index is 1760. The van der Waals surface area contributed by atoms with Gasteiger partial charge in [0.1, 0.15) is 18.0 Å². The summed E-state index contributed by atoms with van der Waals surface area (Å²) in [5.41, 5.74) is 2.47. The van der Waals surface area contributed by atoms with Crippen LogP contribution in [-0.4, -0.2) is 69.3 Å². The number of amides is 4. The van der Waals surface area contributed by atoms with Crippen LogP contribution in [-0.2, 0) is 33.7 Å². The van der Waals surface area contributed by atoms with Crippen molar-refractivity contribution in [2.24, 2.45) is 0 Å². The largest absolute Gasteiger partial charge is 0.524 e. The number of carbonyl (C=O) groups excluding carboxylic acids is 3. The minimum absolute atomic E-state index is 0.0424. The number of phosphoric ester groups is 1. The summed E-state index contributed by atoms with van der Waals surface area (Å²) in [6.45, 7) is 4.55.